The molecule has 0 N–H and O–H groups in total. The number of hydrogen-bond donors (Lipinski definition) is 0. The molecule has 0 saturated carbocycles. The van der Waals surface area contributed by atoms with Crippen molar-refractivity contribution >= 4 is 50.7 Å². The monoisotopic (exact) mass is 405 g/mol. The summed E-state index contributed by atoms with van der Waals surface area (Å²) >= 11 is 13.8. The van der Waals surface area contributed by atoms with Gasteiger partial charge >= 0.3 is 0 Å². The van der Waals surface area contributed by atoms with Crippen molar-refractivity contribution in [1.29, 1.82) is 0 Å². The van der Waals surface area contributed by atoms with Crippen molar-refractivity contribution in [1.82, 2.24) is 14.8 Å². The second-order valence-corrected chi connectivity index (χ2v) is 8.23. The molecular formula is C19H17Cl2N3OS. The van der Waals surface area contributed by atoms with E-state index in [1.807, 2.05) is 23.1 Å². The van der Waals surface area contributed by atoms with E-state index in [2.05, 4.69) is 11.0 Å². The number of piperazine rings is 1. The number of amides is 1. The Morgan fingerprint density at radius 2 is 1.85 bits per heavy atom. The lowest BCUT2D eigenvalue weighted by atomic mass is 10.2. The molecule has 1 aliphatic heterocycles. The largest absolute Gasteiger partial charge is 0.336 e. The van der Waals surface area contributed by atoms with Crippen molar-refractivity contribution in [2.75, 3.05) is 26.2 Å². The van der Waals surface area contributed by atoms with E-state index in [0.717, 1.165) is 30.2 Å². The molecule has 1 saturated heterocycles. The Kier molecular flexibility index (Phi) is 5.14. The first kappa shape index (κ1) is 17.7. The van der Waals surface area contributed by atoms with Crippen LogP contribution in [0.2, 0.25) is 10.0 Å². The van der Waals surface area contributed by atoms with Crippen LogP contribution < -0.4 is 0 Å². The van der Waals surface area contributed by atoms with Crippen molar-refractivity contribution in [2.24, 2.45) is 0 Å². The Balaban J connectivity index is 1.38. The summed E-state index contributed by atoms with van der Waals surface area (Å²) in [6, 6.07) is 13.2. The Labute approximate surface area is 166 Å². The van der Waals surface area contributed by atoms with Crippen LogP contribution in [0.15, 0.2) is 42.5 Å². The third-order valence-electron chi connectivity index (χ3n) is 4.52. The maximum atomic E-state index is 12.7. The molecule has 0 bridgehead atoms. The lowest BCUT2D eigenvalue weighted by molar-refractivity contribution is 0.0628. The van der Waals surface area contributed by atoms with Gasteiger partial charge in [-0.15, -0.1) is 11.3 Å². The number of fused-ring (bicyclic) bond motifs is 1. The Bertz CT molecular complexity index is 918. The van der Waals surface area contributed by atoms with Crippen molar-refractivity contribution in [3.05, 3.63) is 63.1 Å². The molecule has 2 heterocycles. The van der Waals surface area contributed by atoms with Gasteiger partial charge in [0.2, 0.25) is 0 Å². The smallest absolute Gasteiger partial charge is 0.255 e. The fourth-order valence-electron chi connectivity index (χ4n) is 3.12. The van der Waals surface area contributed by atoms with Crippen LogP contribution in [0.5, 0.6) is 0 Å². The maximum absolute atomic E-state index is 12.7. The van der Waals surface area contributed by atoms with Crippen LogP contribution in [0.1, 0.15) is 15.4 Å². The van der Waals surface area contributed by atoms with E-state index in [1.165, 1.54) is 4.70 Å². The van der Waals surface area contributed by atoms with Gasteiger partial charge in [-0.1, -0.05) is 35.3 Å². The molecule has 0 atom stereocenters. The second-order valence-electron chi connectivity index (χ2n) is 6.27. The Hall–Kier alpha value is -1.66. The zero-order valence-electron chi connectivity index (χ0n) is 14.0. The van der Waals surface area contributed by atoms with Gasteiger partial charge in [0.25, 0.3) is 5.91 Å². The highest BCUT2D eigenvalue weighted by Gasteiger charge is 2.24. The molecule has 134 valence electrons. The summed E-state index contributed by atoms with van der Waals surface area (Å²) in [6.45, 7) is 3.84. The molecule has 1 amide bonds. The average molecular weight is 406 g/mol. The molecule has 0 aliphatic carbocycles. The number of carbonyl (C=O) groups excluding carboxylic acids is 1. The van der Waals surface area contributed by atoms with Crippen LogP contribution >= 0.6 is 34.5 Å². The van der Waals surface area contributed by atoms with E-state index < -0.39 is 0 Å². The summed E-state index contributed by atoms with van der Waals surface area (Å²) in [7, 11) is 0. The zero-order valence-corrected chi connectivity index (χ0v) is 16.3. The average Bonchev–Trinajstić information content (AvgIpc) is 3.04. The SMILES string of the molecule is O=C(c1ccc(Cl)cc1Cl)N1CCN(Cc2nc3ccccc3s2)CC1. The lowest BCUT2D eigenvalue weighted by Gasteiger charge is -2.34. The highest BCUT2D eigenvalue weighted by atomic mass is 35.5. The second kappa shape index (κ2) is 7.53. The van der Waals surface area contributed by atoms with E-state index in [0.29, 0.717) is 28.7 Å². The molecule has 0 spiro atoms. The molecule has 0 unspecified atom stereocenters. The van der Waals surface area contributed by atoms with Crippen LogP contribution in [-0.2, 0) is 6.54 Å². The number of hydrogen-bond acceptors (Lipinski definition) is 4. The highest BCUT2D eigenvalue weighted by Crippen LogP contribution is 2.25. The van der Waals surface area contributed by atoms with Gasteiger partial charge in [-0.05, 0) is 30.3 Å². The van der Waals surface area contributed by atoms with Crippen molar-refractivity contribution in [3.63, 3.8) is 0 Å². The van der Waals surface area contributed by atoms with Crippen molar-refractivity contribution in [3.8, 4) is 0 Å². The molecule has 26 heavy (non-hydrogen) atoms. The minimum Gasteiger partial charge on any atom is -0.336 e. The van der Waals surface area contributed by atoms with Crippen LogP contribution in [0.25, 0.3) is 10.2 Å². The fraction of sp³-hybridized carbons (Fsp3) is 0.263. The van der Waals surface area contributed by atoms with E-state index in [-0.39, 0.29) is 5.91 Å². The van der Waals surface area contributed by atoms with E-state index in [9.17, 15) is 4.79 Å². The topological polar surface area (TPSA) is 36.4 Å². The summed E-state index contributed by atoms with van der Waals surface area (Å²) in [5.74, 6) is -0.0358. The minimum atomic E-state index is -0.0358. The van der Waals surface area contributed by atoms with Gasteiger partial charge in [-0.25, -0.2) is 4.98 Å². The van der Waals surface area contributed by atoms with Gasteiger partial charge in [0, 0.05) is 31.2 Å². The maximum Gasteiger partial charge on any atom is 0.255 e. The predicted molar refractivity (Wildman–Crippen MR) is 107 cm³/mol. The number of halogens is 2. The highest BCUT2D eigenvalue weighted by molar-refractivity contribution is 7.18. The number of rotatable bonds is 3. The fourth-order valence-corrected chi connectivity index (χ4v) is 4.62. The van der Waals surface area contributed by atoms with Crippen LogP contribution in [0.4, 0.5) is 0 Å². The molecule has 2 aromatic carbocycles. The number of para-hydroxylation sites is 1. The number of aromatic nitrogens is 1. The van der Waals surface area contributed by atoms with Crippen LogP contribution in [-0.4, -0.2) is 46.9 Å². The van der Waals surface area contributed by atoms with Gasteiger partial charge in [-0.3, -0.25) is 9.69 Å². The first-order valence-corrected chi connectivity index (χ1v) is 9.98. The van der Waals surface area contributed by atoms with Crippen molar-refractivity contribution < 1.29 is 4.79 Å². The molecule has 4 nitrogen and oxygen atoms in total. The van der Waals surface area contributed by atoms with E-state index >= 15 is 0 Å². The van der Waals surface area contributed by atoms with E-state index in [4.69, 9.17) is 28.2 Å². The summed E-state index contributed by atoms with van der Waals surface area (Å²) in [5, 5.41) is 2.05. The normalized spacial score (nSPS) is 15.5. The molecule has 4 rings (SSSR count). The third-order valence-corrected chi connectivity index (χ3v) is 6.09. The van der Waals surface area contributed by atoms with Gasteiger partial charge in [0.1, 0.15) is 5.01 Å². The molecule has 0 radical (unpaired) electrons. The van der Waals surface area contributed by atoms with Crippen LogP contribution in [0, 0.1) is 0 Å². The number of thiazole rings is 1. The molecule has 1 aromatic heterocycles. The van der Waals surface area contributed by atoms with Gasteiger partial charge < -0.3 is 4.90 Å². The lowest BCUT2D eigenvalue weighted by Crippen LogP contribution is -2.48. The number of carbonyl (C=O) groups is 1. The van der Waals surface area contributed by atoms with Gasteiger partial charge in [0.05, 0.1) is 27.3 Å². The quantitative estimate of drug-likeness (QED) is 0.640. The predicted octanol–water partition coefficient (Wildman–Crippen LogP) is 4.56. The van der Waals surface area contributed by atoms with Gasteiger partial charge in [0.15, 0.2) is 0 Å². The zero-order chi connectivity index (χ0) is 18.1. The minimum absolute atomic E-state index is 0.0358. The summed E-state index contributed by atoms with van der Waals surface area (Å²) in [6.07, 6.45) is 0. The molecular weight excluding hydrogens is 389 g/mol. The standard InChI is InChI=1S/C19H17Cl2N3OS/c20-13-5-6-14(15(21)11-13)19(25)24-9-7-23(8-10-24)12-18-22-16-3-1-2-4-17(16)26-18/h1-6,11H,7-10,12H2. The van der Waals surface area contributed by atoms with Crippen molar-refractivity contribution in [2.45, 2.75) is 6.54 Å². The molecule has 7 heteroatoms. The Morgan fingerprint density at radius 1 is 1.08 bits per heavy atom. The molecule has 1 aliphatic rings. The number of benzene rings is 2. The van der Waals surface area contributed by atoms with E-state index in [1.54, 1.807) is 29.5 Å². The molecule has 1 fully saturated rings. The summed E-state index contributed by atoms with van der Waals surface area (Å²) in [4.78, 5) is 21.6. The summed E-state index contributed by atoms with van der Waals surface area (Å²) < 4.78 is 1.22. The third kappa shape index (κ3) is 3.71. The van der Waals surface area contributed by atoms with Gasteiger partial charge in [-0.2, -0.15) is 0 Å². The first-order chi connectivity index (χ1) is 12.6. The van der Waals surface area contributed by atoms with Crippen LogP contribution in [0.3, 0.4) is 0 Å². The first-order valence-electron chi connectivity index (χ1n) is 8.41. The Morgan fingerprint density at radius 3 is 2.58 bits per heavy atom. The summed E-state index contributed by atoms with van der Waals surface area (Å²) in [5.41, 5.74) is 1.56. The molecule has 3 aromatic rings. The number of nitrogens with zero attached hydrogens (tertiary/aromatic N) is 3.